The minimum atomic E-state index is 0.521. The molecule has 0 bridgehead atoms. The lowest BCUT2D eigenvalue weighted by Gasteiger charge is -2.30. The van der Waals surface area contributed by atoms with Gasteiger partial charge in [-0.25, -0.2) is 0 Å². The van der Waals surface area contributed by atoms with Gasteiger partial charge in [0.15, 0.2) is 5.82 Å². The lowest BCUT2D eigenvalue weighted by Crippen LogP contribution is -2.30. The molecule has 4 heteroatoms. The Bertz CT molecular complexity index is 352. The van der Waals surface area contributed by atoms with Gasteiger partial charge in [-0.15, -0.1) is 0 Å². The molecule has 96 valence electrons. The number of aromatic nitrogens is 2. The van der Waals surface area contributed by atoms with Crippen molar-refractivity contribution in [2.45, 2.75) is 51.5 Å². The van der Waals surface area contributed by atoms with Crippen LogP contribution in [0.5, 0.6) is 0 Å². The highest BCUT2D eigenvalue weighted by molar-refractivity contribution is 5.60. The molecule has 0 radical (unpaired) electrons. The average Bonchev–Trinajstić information content (AvgIpc) is 2.66. The van der Waals surface area contributed by atoms with Crippen LogP contribution in [0.15, 0.2) is 6.20 Å². The Kier molecular flexibility index (Phi) is 3.92. The maximum Gasteiger partial charge on any atom is 0.171 e. The molecule has 1 aromatic rings. The molecule has 0 aliphatic heterocycles. The Morgan fingerprint density at radius 2 is 2.18 bits per heavy atom. The van der Waals surface area contributed by atoms with Crippen molar-refractivity contribution in [3.05, 3.63) is 6.20 Å². The first kappa shape index (κ1) is 12.3. The molecule has 4 nitrogen and oxygen atoms in total. The van der Waals surface area contributed by atoms with Crippen LogP contribution in [0.2, 0.25) is 0 Å². The summed E-state index contributed by atoms with van der Waals surface area (Å²) >= 11 is 0. The van der Waals surface area contributed by atoms with Crippen molar-refractivity contribution in [3.8, 4) is 0 Å². The van der Waals surface area contributed by atoms with Crippen LogP contribution in [-0.4, -0.2) is 15.8 Å². The lowest BCUT2D eigenvalue weighted by molar-refractivity contribution is 0.312. The first-order valence-corrected chi connectivity index (χ1v) is 6.76. The van der Waals surface area contributed by atoms with Crippen molar-refractivity contribution in [1.29, 1.82) is 0 Å². The Balaban J connectivity index is 2.01. The van der Waals surface area contributed by atoms with Gasteiger partial charge in [0, 0.05) is 19.3 Å². The van der Waals surface area contributed by atoms with E-state index in [9.17, 15) is 0 Å². The first-order chi connectivity index (χ1) is 8.20. The van der Waals surface area contributed by atoms with E-state index in [0.29, 0.717) is 6.04 Å². The Labute approximate surface area is 104 Å². The van der Waals surface area contributed by atoms with Crippen molar-refractivity contribution >= 4 is 11.5 Å². The fraction of sp³-hybridized carbons (Fsp3) is 0.769. The number of nitrogens with two attached hydrogens (primary N) is 1. The van der Waals surface area contributed by atoms with Gasteiger partial charge >= 0.3 is 0 Å². The van der Waals surface area contributed by atoms with Crippen LogP contribution in [0, 0.1) is 5.92 Å². The molecule has 17 heavy (non-hydrogen) atoms. The van der Waals surface area contributed by atoms with E-state index in [0.717, 1.165) is 23.8 Å². The fourth-order valence-electron chi connectivity index (χ4n) is 2.88. The number of nitrogen functional groups attached to an aromatic ring is 1. The van der Waals surface area contributed by atoms with Gasteiger partial charge in [-0.3, -0.25) is 4.68 Å². The highest BCUT2D eigenvalue weighted by atomic mass is 15.3. The van der Waals surface area contributed by atoms with E-state index >= 15 is 0 Å². The zero-order valence-corrected chi connectivity index (χ0v) is 10.9. The van der Waals surface area contributed by atoms with Gasteiger partial charge in [0.1, 0.15) is 0 Å². The van der Waals surface area contributed by atoms with Crippen LogP contribution < -0.4 is 11.1 Å². The van der Waals surface area contributed by atoms with Crippen LogP contribution >= 0.6 is 0 Å². The summed E-state index contributed by atoms with van der Waals surface area (Å²) in [6, 6.07) is 0.521. The van der Waals surface area contributed by atoms with Gasteiger partial charge < -0.3 is 11.1 Å². The van der Waals surface area contributed by atoms with Gasteiger partial charge in [0.25, 0.3) is 0 Å². The van der Waals surface area contributed by atoms with E-state index in [1.807, 2.05) is 13.2 Å². The summed E-state index contributed by atoms with van der Waals surface area (Å²) in [6.07, 6.45) is 9.84. The third-order valence-electron chi connectivity index (χ3n) is 3.84. The van der Waals surface area contributed by atoms with E-state index in [2.05, 4.69) is 17.3 Å². The SMILES string of the molecule is CCC(Nc1nn(C)cc1N)C1CCCCC1. The Morgan fingerprint density at radius 1 is 1.47 bits per heavy atom. The smallest absolute Gasteiger partial charge is 0.171 e. The predicted molar refractivity (Wildman–Crippen MR) is 71.9 cm³/mol. The molecule has 1 atom stereocenters. The largest absolute Gasteiger partial charge is 0.394 e. The van der Waals surface area contributed by atoms with E-state index in [1.54, 1.807) is 4.68 Å². The fourth-order valence-corrected chi connectivity index (χ4v) is 2.88. The van der Waals surface area contributed by atoms with E-state index in [1.165, 1.54) is 32.1 Å². The standard InChI is InChI=1S/C13H24N4/c1-3-12(10-7-5-4-6-8-10)15-13-11(14)9-17(2)16-13/h9-10,12H,3-8,14H2,1-2H3,(H,15,16). The molecule has 1 aliphatic rings. The van der Waals surface area contributed by atoms with Crippen molar-refractivity contribution in [3.63, 3.8) is 0 Å². The number of aryl methyl sites for hydroxylation is 1. The average molecular weight is 236 g/mol. The topological polar surface area (TPSA) is 55.9 Å². The highest BCUT2D eigenvalue weighted by Gasteiger charge is 2.23. The summed E-state index contributed by atoms with van der Waals surface area (Å²) in [4.78, 5) is 0. The molecule has 1 unspecified atom stereocenters. The third-order valence-corrected chi connectivity index (χ3v) is 3.84. The molecule has 0 saturated heterocycles. The van der Waals surface area contributed by atoms with Crippen LogP contribution in [0.4, 0.5) is 11.5 Å². The third kappa shape index (κ3) is 2.93. The van der Waals surface area contributed by atoms with E-state index < -0.39 is 0 Å². The van der Waals surface area contributed by atoms with Crippen LogP contribution in [0.3, 0.4) is 0 Å². The van der Waals surface area contributed by atoms with E-state index in [4.69, 9.17) is 5.73 Å². The molecule has 3 N–H and O–H groups in total. The summed E-state index contributed by atoms with van der Waals surface area (Å²) < 4.78 is 1.77. The number of rotatable bonds is 4. The number of hydrogen-bond acceptors (Lipinski definition) is 3. The number of nitrogens with zero attached hydrogens (tertiary/aromatic N) is 2. The van der Waals surface area contributed by atoms with Crippen LogP contribution in [0.25, 0.3) is 0 Å². The second-order valence-electron chi connectivity index (χ2n) is 5.16. The van der Waals surface area contributed by atoms with Gasteiger partial charge in [0.2, 0.25) is 0 Å². The summed E-state index contributed by atoms with van der Waals surface area (Å²) in [5.74, 6) is 1.64. The maximum absolute atomic E-state index is 5.93. The summed E-state index contributed by atoms with van der Waals surface area (Å²) in [6.45, 7) is 2.24. The van der Waals surface area contributed by atoms with Crippen molar-refractivity contribution in [2.24, 2.45) is 13.0 Å². The normalized spacial score (nSPS) is 19.2. The quantitative estimate of drug-likeness (QED) is 0.845. The molecule has 1 aliphatic carbocycles. The molecular weight excluding hydrogens is 212 g/mol. The first-order valence-electron chi connectivity index (χ1n) is 6.76. The molecule has 1 aromatic heterocycles. The number of nitrogens with one attached hydrogen (secondary N) is 1. The molecule has 1 saturated carbocycles. The highest BCUT2D eigenvalue weighted by Crippen LogP contribution is 2.30. The summed E-state index contributed by atoms with van der Waals surface area (Å²) in [7, 11) is 1.91. The van der Waals surface area contributed by atoms with Gasteiger partial charge in [-0.2, -0.15) is 5.10 Å². The minimum absolute atomic E-state index is 0.521. The van der Waals surface area contributed by atoms with Crippen molar-refractivity contribution < 1.29 is 0 Å². The molecule has 1 fully saturated rings. The molecular formula is C13H24N4. The monoisotopic (exact) mass is 236 g/mol. The zero-order valence-electron chi connectivity index (χ0n) is 10.9. The summed E-state index contributed by atoms with van der Waals surface area (Å²) in [5, 5.41) is 7.90. The Hall–Kier alpha value is -1.19. The molecule has 0 aromatic carbocycles. The molecule has 0 spiro atoms. The number of hydrogen-bond donors (Lipinski definition) is 2. The summed E-state index contributed by atoms with van der Waals surface area (Å²) in [5.41, 5.74) is 6.68. The zero-order chi connectivity index (χ0) is 12.3. The van der Waals surface area contributed by atoms with Gasteiger partial charge in [-0.1, -0.05) is 26.2 Å². The van der Waals surface area contributed by atoms with Crippen molar-refractivity contribution in [2.75, 3.05) is 11.1 Å². The predicted octanol–water partition coefficient (Wildman–Crippen LogP) is 2.77. The molecule has 2 rings (SSSR count). The van der Waals surface area contributed by atoms with Crippen molar-refractivity contribution in [1.82, 2.24) is 9.78 Å². The van der Waals surface area contributed by atoms with Gasteiger partial charge in [-0.05, 0) is 25.2 Å². The number of anilines is 2. The maximum atomic E-state index is 5.93. The van der Waals surface area contributed by atoms with E-state index in [-0.39, 0.29) is 0 Å². The Morgan fingerprint density at radius 3 is 2.71 bits per heavy atom. The van der Waals surface area contributed by atoms with Crippen LogP contribution in [0.1, 0.15) is 45.4 Å². The molecule has 1 heterocycles. The minimum Gasteiger partial charge on any atom is -0.394 e. The second kappa shape index (κ2) is 5.43. The second-order valence-corrected chi connectivity index (χ2v) is 5.16. The molecule has 0 amide bonds. The lowest BCUT2D eigenvalue weighted by atomic mass is 9.83. The van der Waals surface area contributed by atoms with Crippen LogP contribution in [-0.2, 0) is 7.05 Å². The van der Waals surface area contributed by atoms with Gasteiger partial charge in [0.05, 0.1) is 5.69 Å².